The van der Waals surface area contributed by atoms with Crippen molar-refractivity contribution in [3.63, 3.8) is 0 Å². The molecule has 2 fully saturated rings. The first kappa shape index (κ1) is 22.1. The monoisotopic (exact) mass is 397 g/mol. The van der Waals surface area contributed by atoms with Crippen LogP contribution in [0.4, 0.5) is 0 Å². The molecule has 1 amide bonds. The Balaban J connectivity index is 2.26. The van der Waals surface area contributed by atoms with Gasteiger partial charge in [-0.25, -0.2) is 14.6 Å². The lowest BCUT2D eigenvalue weighted by Crippen LogP contribution is -2.55. The number of rotatable bonds is 9. The molecule has 0 radical (unpaired) electrons. The molecule has 9 nitrogen and oxygen atoms in total. The SMILES string of the molecule is CCC[C@@H](C(=O)OCC)N(N=O)[C@H](C)C(=O)N1[C@@H](C(=O)O)C[C@@H]2CCCC[C@@H]21. The molecule has 0 spiro atoms. The molecule has 1 saturated heterocycles. The number of amides is 1. The second kappa shape index (κ2) is 9.84. The van der Waals surface area contributed by atoms with Crippen LogP contribution in [-0.2, 0) is 19.1 Å². The Morgan fingerprint density at radius 2 is 1.93 bits per heavy atom. The predicted molar refractivity (Wildman–Crippen MR) is 101 cm³/mol. The van der Waals surface area contributed by atoms with Gasteiger partial charge in [-0.2, -0.15) is 0 Å². The Hall–Kier alpha value is -2.19. The average molecular weight is 397 g/mol. The number of likely N-dealkylation sites (tertiary alicyclic amines) is 1. The summed E-state index contributed by atoms with van der Waals surface area (Å²) >= 11 is 0. The molecule has 1 aliphatic carbocycles. The van der Waals surface area contributed by atoms with E-state index in [1.165, 1.54) is 11.8 Å². The van der Waals surface area contributed by atoms with Crippen molar-refractivity contribution in [2.45, 2.75) is 89.9 Å². The van der Waals surface area contributed by atoms with Gasteiger partial charge in [0.2, 0.25) is 5.91 Å². The standard InChI is InChI=1S/C19H31N3O6/c1-4-8-15(19(26)28-5-2)22(20-27)12(3)17(23)21-14-10-7-6-9-13(14)11-16(21)18(24)25/h12-16H,4-11H2,1-3H3,(H,24,25)/t12-,13+,14+,15+,16-/m1/s1. The maximum absolute atomic E-state index is 13.3. The van der Waals surface area contributed by atoms with Crippen LogP contribution in [0.2, 0.25) is 0 Å². The van der Waals surface area contributed by atoms with Crippen LogP contribution in [0.25, 0.3) is 0 Å². The van der Waals surface area contributed by atoms with Gasteiger partial charge in [0.15, 0.2) is 0 Å². The number of hydrogen-bond acceptors (Lipinski definition) is 6. The topological polar surface area (TPSA) is 117 Å². The lowest BCUT2D eigenvalue weighted by atomic mass is 9.84. The summed E-state index contributed by atoms with van der Waals surface area (Å²) in [7, 11) is 0. The largest absolute Gasteiger partial charge is 0.480 e. The number of fused-ring (bicyclic) bond motifs is 1. The van der Waals surface area contributed by atoms with Gasteiger partial charge < -0.3 is 14.7 Å². The summed E-state index contributed by atoms with van der Waals surface area (Å²) in [6.07, 6.45) is 5.00. The summed E-state index contributed by atoms with van der Waals surface area (Å²) in [5.41, 5.74) is 0. The fourth-order valence-electron chi connectivity index (χ4n) is 4.59. The zero-order valence-corrected chi connectivity index (χ0v) is 16.9. The number of aliphatic carboxylic acids is 1. The number of esters is 1. The van der Waals surface area contributed by atoms with Crippen molar-refractivity contribution in [3.8, 4) is 0 Å². The normalized spacial score (nSPS) is 26.1. The van der Waals surface area contributed by atoms with Crippen molar-refractivity contribution >= 4 is 17.8 Å². The molecule has 1 aliphatic heterocycles. The summed E-state index contributed by atoms with van der Waals surface area (Å²) in [5.74, 6) is -1.93. The Bertz CT molecular complexity index is 598. The van der Waals surface area contributed by atoms with Crippen molar-refractivity contribution in [3.05, 3.63) is 4.91 Å². The summed E-state index contributed by atoms with van der Waals surface area (Å²) in [6, 6.07) is -3.04. The van der Waals surface area contributed by atoms with Crippen LogP contribution >= 0.6 is 0 Å². The highest BCUT2D eigenvalue weighted by molar-refractivity contribution is 5.88. The maximum Gasteiger partial charge on any atom is 0.330 e. The van der Waals surface area contributed by atoms with Gasteiger partial charge >= 0.3 is 11.9 Å². The first-order valence-corrected chi connectivity index (χ1v) is 10.2. The van der Waals surface area contributed by atoms with E-state index < -0.39 is 36.0 Å². The van der Waals surface area contributed by atoms with Crippen molar-refractivity contribution < 1.29 is 24.2 Å². The number of nitrogens with zero attached hydrogens (tertiary/aromatic N) is 3. The molecule has 158 valence electrons. The number of nitroso groups, excluding NO2 is 1. The molecule has 0 aromatic heterocycles. The molecule has 0 bridgehead atoms. The molecule has 9 heteroatoms. The highest BCUT2D eigenvalue weighted by atomic mass is 16.5. The molecular formula is C19H31N3O6. The molecule has 0 unspecified atom stereocenters. The van der Waals surface area contributed by atoms with E-state index in [2.05, 4.69) is 5.29 Å². The van der Waals surface area contributed by atoms with Crippen LogP contribution in [0, 0.1) is 10.8 Å². The van der Waals surface area contributed by atoms with Gasteiger partial charge in [0.1, 0.15) is 18.1 Å². The van der Waals surface area contributed by atoms with Crippen molar-refractivity contribution in [1.29, 1.82) is 0 Å². The van der Waals surface area contributed by atoms with Crippen LogP contribution in [-0.4, -0.2) is 63.6 Å². The van der Waals surface area contributed by atoms with Crippen molar-refractivity contribution in [1.82, 2.24) is 9.91 Å². The molecule has 5 atom stereocenters. The number of carboxylic acids is 1. The van der Waals surface area contributed by atoms with Gasteiger partial charge in [0.25, 0.3) is 0 Å². The third-order valence-corrected chi connectivity index (χ3v) is 5.92. The van der Waals surface area contributed by atoms with Gasteiger partial charge in [0, 0.05) is 6.04 Å². The average Bonchev–Trinajstić information content (AvgIpc) is 3.07. The first-order valence-electron chi connectivity index (χ1n) is 10.2. The van der Waals surface area contributed by atoms with Gasteiger partial charge in [-0.05, 0) is 45.4 Å². The number of ether oxygens (including phenoxy) is 1. The molecule has 1 N–H and O–H groups in total. The third kappa shape index (κ3) is 4.44. The van der Waals surface area contributed by atoms with Crippen LogP contribution in [0.3, 0.4) is 0 Å². The molecule has 2 rings (SSSR count). The zero-order chi connectivity index (χ0) is 20.8. The number of hydrogen-bond donors (Lipinski definition) is 1. The van der Waals surface area contributed by atoms with Gasteiger partial charge in [-0.15, -0.1) is 4.91 Å². The molecule has 1 saturated carbocycles. The summed E-state index contributed by atoms with van der Waals surface area (Å²) in [6.45, 7) is 5.18. The van der Waals surface area contributed by atoms with Crippen molar-refractivity contribution in [2.24, 2.45) is 11.2 Å². The Labute approximate surface area is 165 Å². The Morgan fingerprint density at radius 1 is 1.25 bits per heavy atom. The fraction of sp³-hybridized carbons (Fsp3) is 0.842. The van der Waals surface area contributed by atoms with Crippen LogP contribution in [0.15, 0.2) is 5.29 Å². The summed E-state index contributed by atoms with van der Waals surface area (Å²) < 4.78 is 5.04. The van der Waals surface area contributed by atoms with E-state index in [0.717, 1.165) is 30.7 Å². The highest BCUT2D eigenvalue weighted by Gasteiger charge is 2.49. The summed E-state index contributed by atoms with van der Waals surface area (Å²) in [4.78, 5) is 50.4. The third-order valence-electron chi connectivity index (χ3n) is 5.92. The molecule has 0 aromatic carbocycles. The van der Waals surface area contributed by atoms with E-state index >= 15 is 0 Å². The van der Waals surface area contributed by atoms with Gasteiger partial charge in [-0.3, -0.25) is 4.79 Å². The smallest absolute Gasteiger partial charge is 0.330 e. The van der Waals surface area contributed by atoms with E-state index in [-0.39, 0.29) is 18.6 Å². The predicted octanol–water partition coefficient (Wildman–Crippen LogP) is 2.33. The minimum Gasteiger partial charge on any atom is -0.480 e. The second-order valence-corrected chi connectivity index (χ2v) is 7.64. The molecule has 2 aliphatic rings. The van der Waals surface area contributed by atoms with E-state index in [4.69, 9.17) is 4.74 Å². The number of carboxylic acid groups (broad SMARTS) is 1. The highest BCUT2D eigenvalue weighted by Crippen LogP contribution is 2.40. The second-order valence-electron chi connectivity index (χ2n) is 7.64. The lowest BCUT2D eigenvalue weighted by molar-refractivity contribution is -0.157. The number of carbonyl (C=O) groups excluding carboxylic acids is 2. The van der Waals surface area contributed by atoms with E-state index in [1.54, 1.807) is 6.92 Å². The van der Waals surface area contributed by atoms with Crippen LogP contribution < -0.4 is 0 Å². The fourth-order valence-corrected chi connectivity index (χ4v) is 4.59. The van der Waals surface area contributed by atoms with Crippen LogP contribution in [0.5, 0.6) is 0 Å². The number of carbonyl (C=O) groups is 3. The maximum atomic E-state index is 13.3. The zero-order valence-electron chi connectivity index (χ0n) is 16.9. The Kier molecular flexibility index (Phi) is 7.77. The van der Waals surface area contributed by atoms with E-state index in [9.17, 15) is 24.4 Å². The van der Waals surface area contributed by atoms with Crippen molar-refractivity contribution in [2.75, 3.05) is 6.61 Å². The minimum absolute atomic E-state index is 0.134. The molecule has 28 heavy (non-hydrogen) atoms. The van der Waals surface area contributed by atoms with Gasteiger partial charge in [-0.1, -0.05) is 26.2 Å². The Morgan fingerprint density at radius 3 is 2.50 bits per heavy atom. The van der Waals surface area contributed by atoms with Crippen LogP contribution in [0.1, 0.15) is 65.7 Å². The minimum atomic E-state index is -1.04. The molecule has 0 aromatic rings. The molecular weight excluding hydrogens is 366 g/mol. The lowest BCUT2D eigenvalue weighted by Gasteiger charge is -2.37. The first-order chi connectivity index (χ1) is 13.4. The summed E-state index contributed by atoms with van der Waals surface area (Å²) in [5, 5.41) is 13.5. The van der Waals surface area contributed by atoms with E-state index in [0.29, 0.717) is 19.3 Å². The van der Waals surface area contributed by atoms with E-state index in [1.807, 2.05) is 6.92 Å². The molecule has 1 heterocycles. The van der Waals surface area contributed by atoms with Gasteiger partial charge in [0.05, 0.1) is 11.9 Å². The quantitative estimate of drug-likeness (QED) is 0.360.